The molecule has 0 bridgehead atoms. The lowest BCUT2D eigenvalue weighted by Gasteiger charge is -2.11. The number of hydrogen-bond donors (Lipinski definition) is 3. The molecule has 156 valence electrons. The van der Waals surface area contributed by atoms with E-state index in [0.717, 1.165) is 10.0 Å². The van der Waals surface area contributed by atoms with E-state index in [1.165, 1.54) is 18.3 Å². The molecule has 0 atom stereocenters. The molecule has 3 amide bonds. The van der Waals surface area contributed by atoms with Crippen molar-refractivity contribution >= 4 is 62.8 Å². The van der Waals surface area contributed by atoms with Crippen molar-refractivity contribution in [1.29, 1.82) is 0 Å². The van der Waals surface area contributed by atoms with Crippen LogP contribution in [0, 0.1) is 0 Å². The summed E-state index contributed by atoms with van der Waals surface area (Å²) in [6.45, 7) is 0. The molecule has 7 nitrogen and oxygen atoms in total. The quantitative estimate of drug-likeness (QED) is 0.275. The van der Waals surface area contributed by atoms with Gasteiger partial charge in [-0.2, -0.15) is 5.10 Å². The van der Waals surface area contributed by atoms with E-state index < -0.39 is 17.7 Å². The largest absolute Gasteiger partial charge is 0.329 e. The second kappa shape index (κ2) is 10.5. The Hall–Kier alpha value is -3.49. The molecule has 0 aromatic heterocycles. The van der Waals surface area contributed by atoms with Gasteiger partial charge in [-0.25, -0.2) is 5.43 Å². The number of benzene rings is 3. The second-order valence-corrected chi connectivity index (χ2v) is 7.47. The number of halogens is 2. The van der Waals surface area contributed by atoms with E-state index in [4.69, 9.17) is 11.6 Å². The molecular formula is C22H16BrClN4O3. The maximum absolute atomic E-state index is 12.6. The minimum absolute atomic E-state index is 0.184. The third-order valence-electron chi connectivity index (χ3n) is 4.00. The summed E-state index contributed by atoms with van der Waals surface area (Å²) >= 11 is 9.20. The second-order valence-electron chi connectivity index (χ2n) is 6.18. The predicted octanol–water partition coefficient (Wildman–Crippen LogP) is 4.44. The van der Waals surface area contributed by atoms with Crippen LogP contribution in [0.25, 0.3) is 0 Å². The molecule has 0 aliphatic rings. The van der Waals surface area contributed by atoms with Gasteiger partial charge in [0, 0.05) is 20.7 Å². The molecule has 0 saturated carbocycles. The lowest BCUT2D eigenvalue weighted by atomic mass is 10.1. The Morgan fingerprint density at radius 1 is 0.839 bits per heavy atom. The van der Waals surface area contributed by atoms with E-state index in [1.54, 1.807) is 42.5 Å². The number of nitrogens with one attached hydrogen (secondary N) is 3. The van der Waals surface area contributed by atoms with Crippen LogP contribution in [0.4, 0.5) is 11.4 Å². The number of nitrogens with zero attached hydrogens (tertiary/aromatic N) is 1. The van der Waals surface area contributed by atoms with E-state index >= 15 is 0 Å². The van der Waals surface area contributed by atoms with Crippen LogP contribution < -0.4 is 16.1 Å². The Morgan fingerprint density at radius 3 is 2.26 bits per heavy atom. The fourth-order valence-corrected chi connectivity index (χ4v) is 3.01. The van der Waals surface area contributed by atoms with Crippen molar-refractivity contribution in [2.75, 3.05) is 10.6 Å². The highest BCUT2D eigenvalue weighted by Crippen LogP contribution is 2.19. The molecule has 3 rings (SSSR count). The average molecular weight is 500 g/mol. The maximum atomic E-state index is 12.6. The summed E-state index contributed by atoms with van der Waals surface area (Å²) in [5.74, 6) is -2.39. The first-order valence-corrected chi connectivity index (χ1v) is 10.2. The Kier molecular flexibility index (Phi) is 7.53. The zero-order valence-corrected chi connectivity index (χ0v) is 18.3. The topological polar surface area (TPSA) is 99.7 Å². The van der Waals surface area contributed by atoms with E-state index in [2.05, 4.69) is 37.1 Å². The number of rotatable bonds is 5. The molecule has 0 heterocycles. The first-order valence-electron chi connectivity index (χ1n) is 8.99. The minimum atomic E-state index is -0.976. The number of para-hydroxylation sites is 1. The number of carbonyl (C=O) groups excluding carboxylic acids is 3. The number of hydrazone groups is 1. The lowest BCUT2D eigenvalue weighted by Crippen LogP contribution is -2.33. The fraction of sp³-hybridized carbons (Fsp3) is 0. The molecule has 0 aliphatic carbocycles. The van der Waals surface area contributed by atoms with Crippen molar-refractivity contribution in [1.82, 2.24) is 5.43 Å². The number of amides is 3. The fourth-order valence-electron chi connectivity index (χ4n) is 2.49. The summed E-state index contributed by atoms with van der Waals surface area (Å²) in [6, 6.07) is 20.2. The molecule has 31 heavy (non-hydrogen) atoms. The molecule has 9 heteroatoms. The molecule has 0 unspecified atom stereocenters. The van der Waals surface area contributed by atoms with Crippen LogP contribution in [-0.2, 0) is 9.59 Å². The summed E-state index contributed by atoms with van der Waals surface area (Å²) in [7, 11) is 0. The highest BCUT2D eigenvalue weighted by atomic mass is 79.9. The highest BCUT2D eigenvalue weighted by Gasteiger charge is 2.17. The molecule has 0 radical (unpaired) electrons. The zero-order valence-electron chi connectivity index (χ0n) is 15.9. The summed E-state index contributed by atoms with van der Waals surface area (Å²) in [5.41, 5.74) is 3.80. The third kappa shape index (κ3) is 6.24. The number of carbonyl (C=O) groups is 3. The first kappa shape index (κ1) is 22.2. The third-order valence-corrected chi connectivity index (χ3v) is 4.98. The van der Waals surface area contributed by atoms with Gasteiger partial charge >= 0.3 is 11.8 Å². The van der Waals surface area contributed by atoms with Gasteiger partial charge in [-0.1, -0.05) is 57.9 Å². The van der Waals surface area contributed by atoms with Gasteiger partial charge in [0.15, 0.2) is 0 Å². The van der Waals surface area contributed by atoms with Gasteiger partial charge in [0.05, 0.1) is 17.5 Å². The average Bonchev–Trinajstić information content (AvgIpc) is 2.77. The van der Waals surface area contributed by atoms with Gasteiger partial charge < -0.3 is 10.6 Å². The van der Waals surface area contributed by atoms with E-state index in [9.17, 15) is 14.4 Å². The van der Waals surface area contributed by atoms with Crippen LogP contribution in [0.15, 0.2) is 82.4 Å². The van der Waals surface area contributed by atoms with Crippen molar-refractivity contribution in [3.05, 3.63) is 93.4 Å². The molecule has 0 saturated heterocycles. The summed E-state index contributed by atoms with van der Waals surface area (Å²) in [4.78, 5) is 36.9. The first-order chi connectivity index (χ1) is 14.9. The Bertz CT molecular complexity index is 1150. The van der Waals surface area contributed by atoms with Crippen molar-refractivity contribution in [2.24, 2.45) is 5.10 Å². The van der Waals surface area contributed by atoms with Crippen molar-refractivity contribution < 1.29 is 14.4 Å². The monoisotopic (exact) mass is 498 g/mol. The minimum Gasteiger partial charge on any atom is -0.322 e. The molecule has 0 aliphatic heterocycles. The summed E-state index contributed by atoms with van der Waals surface area (Å²) in [6.07, 6.45) is 1.41. The Balaban J connectivity index is 1.64. The number of hydrogen-bond acceptors (Lipinski definition) is 4. The SMILES string of the molecule is O=C(N/N=C/c1ccccc1Br)C(=O)Nc1ccccc1C(=O)Nc1ccc(Cl)cc1. The van der Waals surface area contributed by atoms with Crippen LogP contribution in [-0.4, -0.2) is 23.9 Å². The van der Waals surface area contributed by atoms with Crippen LogP contribution in [0.2, 0.25) is 5.02 Å². The Morgan fingerprint density at radius 2 is 1.52 bits per heavy atom. The van der Waals surface area contributed by atoms with Gasteiger partial charge in [-0.3, -0.25) is 14.4 Å². The van der Waals surface area contributed by atoms with Gasteiger partial charge in [0.2, 0.25) is 0 Å². The molecular weight excluding hydrogens is 484 g/mol. The van der Waals surface area contributed by atoms with Crippen LogP contribution in [0.1, 0.15) is 15.9 Å². The van der Waals surface area contributed by atoms with Crippen LogP contribution >= 0.6 is 27.5 Å². The standard InChI is InChI=1S/C22H16BrClN4O3/c23-18-7-3-1-5-14(18)13-25-28-22(31)21(30)27-19-8-4-2-6-17(19)20(29)26-16-11-9-15(24)10-12-16/h1-13H,(H,26,29)(H,27,30)(H,28,31)/b25-13+. The smallest absolute Gasteiger partial charge is 0.322 e. The molecule has 0 spiro atoms. The summed E-state index contributed by atoms with van der Waals surface area (Å²) in [5, 5.41) is 9.46. The highest BCUT2D eigenvalue weighted by molar-refractivity contribution is 9.10. The molecule has 3 aromatic carbocycles. The van der Waals surface area contributed by atoms with Crippen molar-refractivity contribution in [3.63, 3.8) is 0 Å². The zero-order chi connectivity index (χ0) is 22.2. The molecule has 3 aromatic rings. The Labute approximate surface area is 191 Å². The summed E-state index contributed by atoms with van der Waals surface area (Å²) < 4.78 is 0.790. The molecule has 3 N–H and O–H groups in total. The van der Waals surface area contributed by atoms with E-state index in [0.29, 0.717) is 10.7 Å². The van der Waals surface area contributed by atoms with Crippen molar-refractivity contribution in [2.45, 2.75) is 0 Å². The predicted molar refractivity (Wildman–Crippen MR) is 124 cm³/mol. The van der Waals surface area contributed by atoms with Crippen LogP contribution in [0.3, 0.4) is 0 Å². The lowest BCUT2D eigenvalue weighted by molar-refractivity contribution is -0.136. The number of anilines is 2. The normalized spacial score (nSPS) is 10.5. The van der Waals surface area contributed by atoms with Gasteiger partial charge in [0.1, 0.15) is 0 Å². The van der Waals surface area contributed by atoms with Crippen molar-refractivity contribution in [3.8, 4) is 0 Å². The van der Waals surface area contributed by atoms with Gasteiger partial charge in [-0.05, 0) is 42.5 Å². The molecule has 0 fully saturated rings. The maximum Gasteiger partial charge on any atom is 0.329 e. The van der Waals surface area contributed by atoms with Gasteiger partial charge in [-0.15, -0.1) is 0 Å². The van der Waals surface area contributed by atoms with Crippen LogP contribution in [0.5, 0.6) is 0 Å². The van der Waals surface area contributed by atoms with Gasteiger partial charge in [0.25, 0.3) is 5.91 Å². The van der Waals surface area contributed by atoms with E-state index in [-0.39, 0.29) is 11.3 Å². The van der Waals surface area contributed by atoms with E-state index in [1.807, 2.05) is 18.2 Å².